The Balaban J connectivity index is 2.05. The lowest BCUT2D eigenvalue weighted by Crippen LogP contribution is -2.29. The Kier molecular flexibility index (Phi) is 4.53. The van der Waals surface area contributed by atoms with Crippen LogP contribution in [0.1, 0.15) is 23.0 Å². The van der Waals surface area contributed by atoms with Gasteiger partial charge in [-0.3, -0.25) is 9.59 Å². The molecule has 0 aliphatic rings. The third-order valence-corrected chi connectivity index (χ3v) is 3.02. The second kappa shape index (κ2) is 6.34. The maximum Gasteiger partial charge on any atom is 0.271 e. The molecule has 0 bridgehead atoms. The van der Waals surface area contributed by atoms with Crippen LogP contribution in [-0.4, -0.2) is 15.7 Å². The average Bonchev–Trinajstić information content (AvgIpc) is 2.47. The first-order chi connectivity index (χ1) is 9.60. The lowest BCUT2D eigenvalue weighted by molar-refractivity contribution is 0.0943. The summed E-state index contributed by atoms with van der Waals surface area (Å²) >= 11 is 5.79. The van der Waals surface area contributed by atoms with Crippen molar-refractivity contribution in [1.29, 1.82) is 0 Å². The van der Waals surface area contributed by atoms with Crippen molar-refractivity contribution in [3.05, 3.63) is 63.0 Å². The summed E-state index contributed by atoms with van der Waals surface area (Å²) in [6.07, 6.45) is 0. The molecule has 0 unspecified atom stereocenters. The largest absolute Gasteiger partial charge is 0.347 e. The van der Waals surface area contributed by atoms with E-state index >= 15 is 0 Å². The molecule has 1 heterocycles. The Bertz CT molecular complexity index is 665. The lowest BCUT2D eigenvalue weighted by atomic mass is 10.2. The summed E-state index contributed by atoms with van der Waals surface area (Å²) in [6.45, 7) is 2.60. The third kappa shape index (κ3) is 3.45. The Morgan fingerprint density at radius 2 is 1.95 bits per heavy atom. The minimum atomic E-state index is -0.317. The number of carbonyl (C=O) groups excluding carboxylic acids is 1. The van der Waals surface area contributed by atoms with Crippen molar-refractivity contribution in [2.45, 2.75) is 20.0 Å². The first-order valence-corrected chi connectivity index (χ1v) is 6.58. The molecule has 6 heteroatoms. The second-order valence-corrected chi connectivity index (χ2v) is 4.62. The van der Waals surface area contributed by atoms with Crippen LogP contribution in [0.3, 0.4) is 0 Å². The monoisotopic (exact) mass is 291 g/mol. The highest BCUT2D eigenvalue weighted by Gasteiger charge is 2.08. The fraction of sp³-hybridized carbons (Fsp3) is 0.214. The molecule has 2 rings (SSSR count). The molecule has 0 spiro atoms. The molecular weight excluding hydrogens is 278 g/mol. The Morgan fingerprint density at radius 1 is 1.25 bits per heavy atom. The number of nitrogens with zero attached hydrogens (tertiary/aromatic N) is 2. The summed E-state index contributed by atoms with van der Waals surface area (Å²) in [5.41, 5.74) is 0.939. The minimum absolute atomic E-state index is 0.221. The first-order valence-electron chi connectivity index (χ1n) is 6.21. The van der Waals surface area contributed by atoms with E-state index in [1.807, 2.05) is 12.1 Å². The van der Waals surface area contributed by atoms with Crippen molar-refractivity contribution < 1.29 is 4.79 Å². The van der Waals surface area contributed by atoms with Crippen molar-refractivity contribution in [3.8, 4) is 0 Å². The van der Waals surface area contributed by atoms with Crippen LogP contribution >= 0.6 is 11.6 Å². The van der Waals surface area contributed by atoms with E-state index in [1.54, 1.807) is 19.1 Å². The Hall–Kier alpha value is -2.14. The molecule has 1 N–H and O–H groups in total. The molecule has 0 atom stereocenters. The van der Waals surface area contributed by atoms with Crippen molar-refractivity contribution in [2.24, 2.45) is 0 Å². The Morgan fingerprint density at radius 3 is 2.60 bits per heavy atom. The van der Waals surface area contributed by atoms with Crippen LogP contribution < -0.4 is 10.9 Å². The summed E-state index contributed by atoms with van der Waals surface area (Å²) in [6, 6.07) is 9.96. The Labute approximate surface area is 121 Å². The van der Waals surface area contributed by atoms with Gasteiger partial charge in [0.25, 0.3) is 11.5 Å². The van der Waals surface area contributed by atoms with E-state index in [0.717, 1.165) is 5.56 Å². The van der Waals surface area contributed by atoms with Crippen LogP contribution in [0.15, 0.2) is 41.2 Å². The van der Waals surface area contributed by atoms with Gasteiger partial charge < -0.3 is 5.32 Å². The molecule has 5 nitrogen and oxygen atoms in total. The van der Waals surface area contributed by atoms with Crippen LogP contribution in [-0.2, 0) is 13.1 Å². The molecule has 20 heavy (non-hydrogen) atoms. The highest BCUT2D eigenvalue weighted by Crippen LogP contribution is 2.09. The molecule has 104 valence electrons. The summed E-state index contributed by atoms with van der Waals surface area (Å²) in [7, 11) is 0. The summed E-state index contributed by atoms with van der Waals surface area (Å²) < 4.78 is 1.25. The van der Waals surface area contributed by atoms with Gasteiger partial charge in [0.05, 0.1) is 0 Å². The van der Waals surface area contributed by atoms with Crippen molar-refractivity contribution in [1.82, 2.24) is 15.1 Å². The van der Waals surface area contributed by atoms with Crippen LogP contribution in [0.25, 0.3) is 0 Å². The van der Waals surface area contributed by atoms with Gasteiger partial charge in [0.15, 0.2) is 0 Å². The van der Waals surface area contributed by atoms with Crippen LogP contribution in [0.4, 0.5) is 0 Å². The fourth-order valence-corrected chi connectivity index (χ4v) is 1.80. The number of amides is 1. The normalized spacial score (nSPS) is 10.3. The van der Waals surface area contributed by atoms with Crippen LogP contribution in [0.5, 0.6) is 0 Å². The topological polar surface area (TPSA) is 64.0 Å². The SMILES string of the molecule is CCn1nc(C(=O)NCc2ccc(Cl)cc2)ccc1=O. The number of aryl methyl sites for hydroxylation is 1. The smallest absolute Gasteiger partial charge is 0.271 e. The summed E-state index contributed by atoms with van der Waals surface area (Å²) in [5.74, 6) is -0.317. The predicted molar refractivity (Wildman–Crippen MR) is 76.8 cm³/mol. The number of nitrogens with one attached hydrogen (secondary N) is 1. The zero-order valence-electron chi connectivity index (χ0n) is 11.0. The van der Waals surface area contributed by atoms with Gasteiger partial charge in [-0.2, -0.15) is 5.10 Å². The van der Waals surface area contributed by atoms with E-state index in [1.165, 1.54) is 16.8 Å². The number of aromatic nitrogens is 2. The van der Waals surface area contributed by atoms with Gasteiger partial charge in [-0.1, -0.05) is 23.7 Å². The molecule has 0 saturated heterocycles. The number of halogens is 1. The molecule has 0 radical (unpaired) electrons. The van der Waals surface area contributed by atoms with E-state index in [4.69, 9.17) is 11.6 Å². The van der Waals surface area contributed by atoms with Gasteiger partial charge in [-0.15, -0.1) is 0 Å². The number of rotatable bonds is 4. The van der Waals surface area contributed by atoms with Gasteiger partial charge in [0, 0.05) is 24.2 Å². The van der Waals surface area contributed by atoms with Gasteiger partial charge in [-0.05, 0) is 30.7 Å². The molecule has 0 aliphatic carbocycles. The lowest BCUT2D eigenvalue weighted by Gasteiger charge is -2.06. The number of hydrogen-bond acceptors (Lipinski definition) is 3. The van der Waals surface area contributed by atoms with Crippen LogP contribution in [0.2, 0.25) is 5.02 Å². The molecule has 0 aliphatic heterocycles. The molecule has 0 fully saturated rings. The number of carbonyl (C=O) groups is 1. The van der Waals surface area contributed by atoms with E-state index < -0.39 is 0 Å². The standard InChI is InChI=1S/C14H14ClN3O2/c1-2-18-13(19)8-7-12(17-18)14(20)16-9-10-3-5-11(15)6-4-10/h3-8H,2,9H2,1H3,(H,16,20). The molecule has 1 aromatic carbocycles. The van der Waals surface area contributed by atoms with Crippen molar-refractivity contribution in [3.63, 3.8) is 0 Å². The van der Waals surface area contributed by atoms with E-state index in [-0.39, 0.29) is 17.2 Å². The molecular formula is C14H14ClN3O2. The third-order valence-electron chi connectivity index (χ3n) is 2.77. The average molecular weight is 292 g/mol. The highest BCUT2D eigenvalue weighted by atomic mass is 35.5. The van der Waals surface area contributed by atoms with E-state index in [0.29, 0.717) is 18.1 Å². The minimum Gasteiger partial charge on any atom is -0.347 e. The number of hydrogen-bond donors (Lipinski definition) is 1. The zero-order valence-corrected chi connectivity index (χ0v) is 11.7. The first kappa shape index (κ1) is 14.3. The van der Waals surface area contributed by atoms with Gasteiger partial charge in [0.1, 0.15) is 5.69 Å². The summed E-state index contributed by atoms with van der Waals surface area (Å²) in [5, 5.41) is 7.38. The molecule has 1 amide bonds. The maximum absolute atomic E-state index is 11.9. The van der Waals surface area contributed by atoms with Gasteiger partial charge in [0.2, 0.25) is 0 Å². The van der Waals surface area contributed by atoms with Crippen LogP contribution in [0, 0.1) is 0 Å². The van der Waals surface area contributed by atoms with Gasteiger partial charge in [-0.25, -0.2) is 4.68 Å². The van der Waals surface area contributed by atoms with Crippen molar-refractivity contribution >= 4 is 17.5 Å². The molecule has 0 saturated carbocycles. The quantitative estimate of drug-likeness (QED) is 0.935. The van der Waals surface area contributed by atoms with E-state index in [2.05, 4.69) is 10.4 Å². The number of benzene rings is 1. The summed E-state index contributed by atoms with van der Waals surface area (Å²) in [4.78, 5) is 23.3. The molecule has 1 aromatic heterocycles. The maximum atomic E-state index is 11.9. The second-order valence-electron chi connectivity index (χ2n) is 4.18. The molecule has 2 aromatic rings. The highest BCUT2D eigenvalue weighted by molar-refractivity contribution is 6.30. The van der Waals surface area contributed by atoms with Crippen molar-refractivity contribution in [2.75, 3.05) is 0 Å². The van der Waals surface area contributed by atoms with Gasteiger partial charge >= 0.3 is 0 Å². The van der Waals surface area contributed by atoms with E-state index in [9.17, 15) is 9.59 Å². The fourth-order valence-electron chi connectivity index (χ4n) is 1.67. The predicted octanol–water partition coefficient (Wildman–Crippen LogP) is 1.85. The zero-order chi connectivity index (χ0) is 14.5.